The quantitative estimate of drug-likeness (QED) is 0.429. The second-order valence-electron chi connectivity index (χ2n) is 3.38. The van der Waals surface area contributed by atoms with Crippen molar-refractivity contribution in [3.05, 3.63) is 23.9 Å². The van der Waals surface area contributed by atoms with Crippen LogP contribution in [0.25, 0.3) is 0 Å². The number of allylic oxidation sites excluding steroid dienone is 2. The topological polar surface area (TPSA) is 12.4 Å². The Balaban J connectivity index is 3.95. The molecule has 13 heavy (non-hydrogen) atoms. The third kappa shape index (κ3) is 6.32. The molecule has 0 heterocycles. The normalized spacial score (nSPS) is 13.2. The van der Waals surface area contributed by atoms with Crippen molar-refractivity contribution in [2.75, 3.05) is 0 Å². The van der Waals surface area contributed by atoms with Gasteiger partial charge in [0.25, 0.3) is 0 Å². The van der Waals surface area contributed by atoms with Crippen molar-refractivity contribution in [3.8, 4) is 0 Å². The molecule has 0 unspecified atom stereocenters. The Morgan fingerprint density at radius 2 is 2.00 bits per heavy atom. The number of nitrogens with zero attached hydrogens (tertiary/aromatic N) is 1. The fourth-order valence-corrected chi connectivity index (χ4v) is 1.11. The largest absolute Gasteiger partial charge is 0.265 e. The summed E-state index contributed by atoms with van der Waals surface area (Å²) in [5.74, 6) is 0. The van der Waals surface area contributed by atoms with E-state index in [9.17, 15) is 0 Å². The lowest BCUT2D eigenvalue weighted by Gasteiger charge is -2.02. The van der Waals surface area contributed by atoms with Gasteiger partial charge in [-0.05, 0) is 32.3 Å². The van der Waals surface area contributed by atoms with E-state index in [-0.39, 0.29) is 0 Å². The molecule has 0 bridgehead atoms. The first-order valence-electron chi connectivity index (χ1n) is 5.02. The highest BCUT2D eigenvalue weighted by Crippen LogP contribution is 2.11. The first-order chi connectivity index (χ1) is 6.22. The number of unbranched alkanes of at least 4 members (excludes halogenated alkanes) is 2. The minimum absolute atomic E-state index is 1.20. The third-order valence-corrected chi connectivity index (χ3v) is 2.20. The number of rotatable bonds is 6. The highest BCUT2D eigenvalue weighted by atomic mass is 14.7. The highest BCUT2D eigenvalue weighted by molar-refractivity contribution is 5.79. The van der Waals surface area contributed by atoms with Crippen LogP contribution in [0.15, 0.2) is 28.9 Å². The SMILES string of the molecule is C=CN=C/C(C)=C(/C)CCCCC. The van der Waals surface area contributed by atoms with Gasteiger partial charge in [-0.3, -0.25) is 4.99 Å². The molecule has 0 aromatic heterocycles. The zero-order valence-electron chi connectivity index (χ0n) is 9.14. The maximum Gasteiger partial charge on any atom is 0.0296 e. The zero-order valence-corrected chi connectivity index (χ0v) is 9.14. The Kier molecular flexibility index (Phi) is 7.27. The van der Waals surface area contributed by atoms with Crippen LogP contribution < -0.4 is 0 Å². The van der Waals surface area contributed by atoms with E-state index in [0.717, 1.165) is 0 Å². The standard InChI is InChI=1S/C12H21N/c1-5-7-8-9-11(3)12(4)10-13-6-2/h6,10H,2,5,7-9H2,1,3-4H3/b12-11-,13-10?. The monoisotopic (exact) mass is 179 g/mol. The Hall–Kier alpha value is -0.850. The third-order valence-electron chi connectivity index (χ3n) is 2.20. The van der Waals surface area contributed by atoms with Gasteiger partial charge in [0.15, 0.2) is 0 Å². The van der Waals surface area contributed by atoms with E-state index < -0.39 is 0 Å². The molecule has 74 valence electrons. The Labute approximate surface area is 82.3 Å². The summed E-state index contributed by atoms with van der Waals surface area (Å²) in [6.07, 6.45) is 8.55. The molecule has 0 aromatic carbocycles. The Morgan fingerprint density at radius 1 is 1.31 bits per heavy atom. The second-order valence-corrected chi connectivity index (χ2v) is 3.38. The van der Waals surface area contributed by atoms with Crippen molar-refractivity contribution in [1.29, 1.82) is 0 Å². The summed E-state index contributed by atoms with van der Waals surface area (Å²) in [4.78, 5) is 4.00. The lowest BCUT2D eigenvalue weighted by atomic mass is 10.0. The number of aliphatic imine (C=N–C) groups is 1. The minimum Gasteiger partial charge on any atom is -0.265 e. The molecule has 0 aliphatic carbocycles. The first kappa shape index (κ1) is 12.2. The van der Waals surface area contributed by atoms with Gasteiger partial charge in [0.1, 0.15) is 0 Å². The summed E-state index contributed by atoms with van der Waals surface area (Å²) in [6, 6.07) is 0. The fraction of sp³-hybridized carbons (Fsp3) is 0.583. The van der Waals surface area contributed by atoms with E-state index in [1.807, 2.05) is 6.21 Å². The average Bonchev–Trinajstić information content (AvgIpc) is 2.14. The Bertz CT molecular complexity index is 199. The molecule has 0 aliphatic rings. The smallest absolute Gasteiger partial charge is 0.0296 e. The van der Waals surface area contributed by atoms with E-state index in [4.69, 9.17) is 0 Å². The maximum atomic E-state index is 4.00. The highest BCUT2D eigenvalue weighted by Gasteiger charge is 1.93. The van der Waals surface area contributed by atoms with Gasteiger partial charge in [-0.15, -0.1) is 0 Å². The van der Waals surface area contributed by atoms with Crippen LogP contribution in [0.2, 0.25) is 0 Å². The molecule has 0 amide bonds. The van der Waals surface area contributed by atoms with Crippen LogP contribution in [0.3, 0.4) is 0 Å². The molecule has 0 N–H and O–H groups in total. The molecule has 0 aliphatic heterocycles. The van der Waals surface area contributed by atoms with E-state index in [2.05, 4.69) is 32.3 Å². The van der Waals surface area contributed by atoms with Gasteiger partial charge in [-0.1, -0.05) is 31.9 Å². The number of hydrogen-bond donors (Lipinski definition) is 0. The lowest BCUT2D eigenvalue weighted by Crippen LogP contribution is -1.86. The second kappa shape index (κ2) is 7.78. The predicted octanol–water partition coefficient (Wildman–Crippen LogP) is 4.12. The van der Waals surface area contributed by atoms with Crippen molar-refractivity contribution >= 4 is 6.21 Å². The molecular formula is C12H21N. The first-order valence-corrected chi connectivity index (χ1v) is 5.02. The van der Waals surface area contributed by atoms with E-state index >= 15 is 0 Å². The predicted molar refractivity (Wildman–Crippen MR) is 61.2 cm³/mol. The van der Waals surface area contributed by atoms with Crippen molar-refractivity contribution < 1.29 is 0 Å². The lowest BCUT2D eigenvalue weighted by molar-refractivity contribution is 0.711. The van der Waals surface area contributed by atoms with Crippen LogP contribution in [0, 0.1) is 0 Å². The van der Waals surface area contributed by atoms with Crippen LogP contribution in [-0.2, 0) is 0 Å². The molecule has 0 atom stereocenters. The fourth-order valence-electron chi connectivity index (χ4n) is 1.11. The number of hydrogen-bond acceptors (Lipinski definition) is 1. The zero-order chi connectivity index (χ0) is 10.1. The molecule has 0 radical (unpaired) electrons. The van der Waals surface area contributed by atoms with Crippen LogP contribution in [-0.4, -0.2) is 6.21 Å². The van der Waals surface area contributed by atoms with Gasteiger partial charge in [0.05, 0.1) is 0 Å². The van der Waals surface area contributed by atoms with Crippen molar-refractivity contribution in [1.82, 2.24) is 0 Å². The van der Waals surface area contributed by atoms with E-state index in [1.54, 1.807) is 6.20 Å². The molecule has 0 saturated carbocycles. The summed E-state index contributed by atoms with van der Waals surface area (Å²) in [6.45, 7) is 10.1. The summed E-state index contributed by atoms with van der Waals surface area (Å²) in [5, 5.41) is 0. The van der Waals surface area contributed by atoms with Crippen molar-refractivity contribution in [2.24, 2.45) is 4.99 Å². The molecular weight excluding hydrogens is 158 g/mol. The minimum atomic E-state index is 1.20. The van der Waals surface area contributed by atoms with E-state index in [0.29, 0.717) is 0 Å². The molecule has 0 spiro atoms. The summed E-state index contributed by atoms with van der Waals surface area (Å²) in [5.41, 5.74) is 2.72. The van der Waals surface area contributed by atoms with Gasteiger partial charge in [-0.2, -0.15) is 0 Å². The molecule has 0 saturated heterocycles. The van der Waals surface area contributed by atoms with Crippen molar-refractivity contribution in [3.63, 3.8) is 0 Å². The van der Waals surface area contributed by atoms with Crippen LogP contribution >= 0.6 is 0 Å². The van der Waals surface area contributed by atoms with Crippen LogP contribution in [0.4, 0.5) is 0 Å². The van der Waals surface area contributed by atoms with Gasteiger partial charge >= 0.3 is 0 Å². The van der Waals surface area contributed by atoms with Gasteiger partial charge in [0.2, 0.25) is 0 Å². The van der Waals surface area contributed by atoms with Gasteiger partial charge in [0, 0.05) is 12.4 Å². The summed E-state index contributed by atoms with van der Waals surface area (Å²) < 4.78 is 0. The van der Waals surface area contributed by atoms with Crippen LogP contribution in [0.5, 0.6) is 0 Å². The maximum absolute atomic E-state index is 4.00. The molecule has 0 fully saturated rings. The summed E-state index contributed by atoms with van der Waals surface area (Å²) >= 11 is 0. The Morgan fingerprint density at radius 3 is 2.54 bits per heavy atom. The summed E-state index contributed by atoms with van der Waals surface area (Å²) in [7, 11) is 0. The molecule has 1 heteroatoms. The molecule has 1 nitrogen and oxygen atoms in total. The van der Waals surface area contributed by atoms with Gasteiger partial charge in [-0.25, -0.2) is 0 Å². The van der Waals surface area contributed by atoms with Crippen LogP contribution in [0.1, 0.15) is 46.5 Å². The molecule has 0 rings (SSSR count). The van der Waals surface area contributed by atoms with Gasteiger partial charge < -0.3 is 0 Å². The molecule has 0 aromatic rings. The van der Waals surface area contributed by atoms with Crippen molar-refractivity contribution in [2.45, 2.75) is 46.5 Å². The average molecular weight is 179 g/mol. The van der Waals surface area contributed by atoms with E-state index in [1.165, 1.54) is 36.8 Å².